The number of benzene rings is 1. The van der Waals surface area contributed by atoms with Gasteiger partial charge in [-0.3, -0.25) is 9.69 Å². The van der Waals surface area contributed by atoms with Crippen molar-refractivity contribution in [1.29, 1.82) is 0 Å². The fourth-order valence-corrected chi connectivity index (χ4v) is 6.11. The number of aryl methyl sites for hydroxylation is 1. The molecule has 174 valence electrons. The molecule has 1 amide bonds. The van der Waals surface area contributed by atoms with Gasteiger partial charge in [0.1, 0.15) is 22.3 Å². The van der Waals surface area contributed by atoms with Crippen molar-refractivity contribution in [3.8, 4) is 0 Å². The highest BCUT2D eigenvalue weighted by molar-refractivity contribution is 7.19. The van der Waals surface area contributed by atoms with Gasteiger partial charge < -0.3 is 9.80 Å². The van der Waals surface area contributed by atoms with Gasteiger partial charge >= 0.3 is 0 Å². The third-order valence-electron chi connectivity index (χ3n) is 6.67. The molecule has 5 rings (SSSR count). The summed E-state index contributed by atoms with van der Waals surface area (Å²) in [5.41, 5.74) is 1.82. The van der Waals surface area contributed by atoms with E-state index in [9.17, 15) is 9.18 Å². The molecular formula is C25H30FN5OS. The highest BCUT2D eigenvalue weighted by atomic mass is 32.1. The van der Waals surface area contributed by atoms with Crippen molar-refractivity contribution in [2.75, 3.05) is 44.2 Å². The molecule has 33 heavy (non-hydrogen) atoms. The van der Waals surface area contributed by atoms with Crippen LogP contribution in [0.2, 0.25) is 0 Å². The Bertz CT molecular complexity index is 1170. The third kappa shape index (κ3) is 4.34. The lowest BCUT2D eigenvalue weighted by Gasteiger charge is -2.36. The number of aromatic nitrogens is 2. The van der Waals surface area contributed by atoms with Crippen molar-refractivity contribution in [3.05, 3.63) is 51.9 Å². The number of carbonyl (C=O) groups excluding carboxylic acids is 1. The van der Waals surface area contributed by atoms with Gasteiger partial charge in [0.15, 0.2) is 0 Å². The van der Waals surface area contributed by atoms with Crippen LogP contribution < -0.4 is 4.90 Å². The topological polar surface area (TPSA) is 52.6 Å². The number of rotatable bonds is 5. The minimum atomic E-state index is -0.379. The molecule has 2 aliphatic rings. The number of fused-ring (bicyclic) bond motifs is 3. The van der Waals surface area contributed by atoms with Crippen LogP contribution in [0.15, 0.2) is 24.3 Å². The van der Waals surface area contributed by atoms with Gasteiger partial charge in [-0.25, -0.2) is 14.4 Å². The van der Waals surface area contributed by atoms with Crippen molar-refractivity contribution < 1.29 is 9.18 Å². The fourth-order valence-electron chi connectivity index (χ4n) is 4.83. The molecule has 0 saturated carbocycles. The van der Waals surface area contributed by atoms with E-state index in [0.29, 0.717) is 31.7 Å². The van der Waals surface area contributed by atoms with E-state index in [2.05, 4.69) is 23.6 Å². The average molecular weight is 468 g/mol. The molecule has 1 fully saturated rings. The molecule has 6 nitrogen and oxygen atoms in total. The average Bonchev–Trinajstić information content (AvgIpc) is 3.21. The van der Waals surface area contributed by atoms with E-state index in [1.807, 2.05) is 16.2 Å². The molecule has 0 aliphatic carbocycles. The second-order valence-electron chi connectivity index (χ2n) is 8.81. The van der Waals surface area contributed by atoms with Gasteiger partial charge in [-0.2, -0.15) is 0 Å². The maximum Gasteiger partial charge on any atom is 0.254 e. The predicted octanol–water partition coefficient (Wildman–Crippen LogP) is 4.12. The van der Waals surface area contributed by atoms with Gasteiger partial charge in [0.25, 0.3) is 5.91 Å². The van der Waals surface area contributed by atoms with Crippen molar-refractivity contribution in [1.82, 2.24) is 19.8 Å². The Labute approximate surface area is 198 Å². The van der Waals surface area contributed by atoms with Gasteiger partial charge in [0.2, 0.25) is 0 Å². The lowest BCUT2D eigenvalue weighted by molar-refractivity contribution is 0.0746. The van der Waals surface area contributed by atoms with Crippen LogP contribution in [0.1, 0.15) is 46.9 Å². The van der Waals surface area contributed by atoms with E-state index in [1.54, 1.807) is 12.1 Å². The quantitative estimate of drug-likeness (QED) is 0.565. The number of anilines is 1. The highest BCUT2D eigenvalue weighted by Crippen LogP contribution is 2.39. The standard InChI is InChI=1S/C25H30FN5OS/c1-3-6-21-27-23(22-19-9-10-29(4-2)16-20(19)33-24(22)28-21)30-11-13-31(14-12-30)25(32)17-7-5-8-18(26)15-17/h5,7-8,15H,3-4,6,9-14,16H2,1-2H3. The largest absolute Gasteiger partial charge is 0.352 e. The zero-order valence-electron chi connectivity index (χ0n) is 19.3. The van der Waals surface area contributed by atoms with Crippen LogP contribution in [0, 0.1) is 5.82 Å². The Hall–Kier alpha value is -2.58. The lowest BCUT2D eigenvalue weighted by atomic mass is 10.0. The highest BCUT2D eigenvalue weighted by Gasteiger charge is 2.29. The minimum absolute atomic E-state index is 0.110. The number of nitrogens with zero attached hydrogens (tertiary/aromatic N) is 5. The molecule has 0 N–H and O–H groups in total. The molecule has 0 bridgehead atoms. The van der Waals surface area contributed by atoms with Gasteiger partial charge in [-0.05, 0) is 43.1 Å². The van der Waals surface area contributed by atoms with Crippen molar-refractivity contribution in [2.45, 2.75) is 39.7 Å². The Morgan fingerprint density at radius 1 is 1.12 bits per heavy atom. The van der Waals surface area contributed by atoms with Crippen LogP contribution in [-0.2, 0) is 19.4 Å². The molecule has 2 aliphatic heterocycles. The Morgan fingerprint density at radius 3 is 2.67 bits per heavy atom. The van der Waals surface area contributed by atoms with Crippen LogP contribution in [0.5, 0.6) is 0 Å². The Kier molecular flexibility index (Phi) is 6.29. The summed E-state index contributed by atoms with van der Waals surface area (Å²) in [4.78, 5) is 32.0. The number of hydrogen-bond donors (Lipinski definition) is 0. The molecule has 0 radical (unpaired) electrons. The summed E-state index contributed by atoms with van der Waals surface area (Å²) in [6.45, 7) is 10.1. The molecule has 0 unspecified atom stereocenters. The Morgan fingerprint density at radius 2 is 1.94 bits per heavy atom. The first-order chi connectivity index (χ1) is 16.1. The summed E-state index contributed by atoms with van der Waals surface area (Å²) in [5, 5.41) is 1.22. The first kappa shape index (κ1) is 22.2. The van der Waals surface area contributed by atoms with Crippen LogP contribution >= 0.6 is 11.3 Å². The number of hydrogen-bond acceptors (Lipinski definition) is 6. The van der Waals surface area contributed by atoms with Crippen LogP contribution in [0.3, 0.4) is 0 Å². The molecule has 3 aromatic rings. The van der Waals surface area contributed by atoms with Crippen LogP contribution in [0.4, 0.5) is 10.2 Å². The van der Waals surface area contributed by atoms with Gasteiger partial charge in [-0.1, -0.05) is 19.9 Å². The van der Waals surface area contributed by atoms with Gasteiger partial charge in [0.05, 0.1) is 5.39 Å². The van der Waals surface area contributed by atoms with Gasteiger partial charge in [0, 0.05) is 56.1 Å². The van der Waals surface area contributed by atoms with E-state index in [1.165, 1.54) is 28.0 Å². The monoisotopic (exact) mass is 467 g/mol. The minimum Gasteiger partial charge on any atom is -0.352 e. The van der Waals surface area contributed by atoms with Crippen molar-refractivity contribution >= 4 is 33.3 Å². The van der Waals surface area contributed by atoms with E-state index in [4.69, 9.17) is 9.97 Å². The number of thiophene rings is 1. The van der Waals surface area contributed by atoms with E-state index in [0.717, 1.165) is 55.4 Å². The zero-order valence-corrected chi connectivity index (χ0v) is 20.1. The number of piperazine rings is 1. The smallest absolute Gasteiger partial charge is 0.254 e. The summed E-state index contributed by atoms with van der Waals surface area (Å²) in [6.07, 6.45) is 2.91. The molecule has 8 heteroatoms. The van der Waals surface area contributed by atoms with Crippen molar-refractivity contribution in [2.24, 2.45) is 0 Å². The number of carbonyl (C=O) groups is 1. The predicted molar refractivity (Wildman–Crippen MR) is 131 cm³/mol. The zero-order chi connectivity index (χ0) is 22.9. The number of halogens is 1. The SMILES string of the molecule is CCCc1nc(N2CCN(C(=O)c3cccc(F)c3)CC2)c2c3c(sc2n1)CN(CC)CC3. The van der Waals surface area contributed by atoms with Crippen molar-refractivity contribution in [3.63, 3.8) is 0 Å². The normalized spacial score (nSPS) is 16.9. The third-order valence-corrected chi connectivity index (χ3v) is 7.78. The van der Waals surface area contributed by atoms with Crippen LogP contribution in [-0.4, -0.2) is 64.9 Å². The van der Waals surface area contributed by atoms with Gasteiger partial charge in [-0.15, -0.1) is 11.3 Å². The summed E-state index contributed by atoms with van der Waals surface area (Å²) >= 11 is 1.82. The number of amides is 1. The first-order valence-electron chi connectivity index (χ1n) is 11.9. The molecule has 0 spiro atoms. The molecule has 1 aromatic carbocycles. The maximum atomic E-state index is 13.6. The van der Waals surface area contributed by atoms with E-state index >= 15 is 0 Å². The Balaban J connectivity index is 1.42. The van der Waals surface area contributed by atoms with E-state index in [-0.39, 0.29) is 11.7 Å². The maximum absolute atomic E-state index is 13.6. The molecule has 1 saturated heterocycles. The molecule has 4 heterocycles. The summed E-state index contributed by atoms with van der Waals surface area (Å²) in [7, 11) is 0. The number of likely N-dealkylation sites (N-methyl/N-ethyl adjacent to an activating group) is 1. The summed E-state index contributed by atoms with van der Waals surface area (Å²) in [5.74, 6) is 1.45. The van der Waals surface area contributed by atoms with E-state index < -0.39 is 0 Å². The molecule has 2 aromatic heterocycles. The molecular weight excluding hydrogens is 437 g/mol. The lowest BCUT2D eigenvalue weighted by Crippen LogP contribution is -2.49. The second kappa shape index (κ2) is 9.35. The second-order valence-corrected chi connectivity index (χ2v) is 9.89. The molecule has 0 atom stereocenters. The fraction of sp³-hybridized carbons (Fsp3) is 0.480. The summed E-state index contributed by atoms with van der Waals surface area (Å²) < 4.78 is 13.6. The summed E-state index contributed by atoms with van der Waals surface area (Å²) in [6, 6.07) is 5.95. The van der Waals surface area contributed by atoms with Crippen LogP contribution in [0.25, 0.3) is 10.2 Å². The first-order valence-corrected chi connectivity index (χ1v) is 12.7.